The predicted octanol–water partition coefficient (Wildman–Crippen LogP) is 5.16. The molecule has 0 unspecified atom stereocenters. The molecular weight excluding hydrogens is 344 g/mol. The van der Waals surface area contributed by atoms with Gasteiger partial charge in [0.15, 0.2) is 5.76 Å². The summed E-state index contributed by atoms with van der Waals surface area (Å²) in [6, 6.07) is 18.4. The van der Waals surface area contributed by atoms with Crippen molar-refractivity contribution in [1.82, 2.24) is 0 Å². The van der Waals surface area contributed by atoms with Gasteiger partial charge in [0.25, 0.3) is 0 Å². The maximum Gasteiger partial charge on any atom is 0.172 e. The number of aliphatic imine (C=N–C) groups is 1. The summed E-state index contributed by atoms with van der Waals surface area (Å²) < 4.78 is 6.14. The van der Waals surface area contributed by atoms with Crippen molar-refractivity contribution in [2.45, 2.75) is 13.8 Å². The lowest BCUT2D eigenvalue weighted by atomic mass is 9.99. The quantitative estimate of drug-likeness (QED) is 0.684. The fourth-order valence-corrected chi connectivity index (χ4v) is 3.71. The van der Waals surface area contributed by atoms with Crippen LogP contribution in [0.2, 0.25) is 0 Å². The molecule has 26 heavy (non-hydrogen) atoms. The molecule has 130 valence electrons. The molecule has 1 aliphatic rings. The van der Waals surface area contributed by atoms with Crippen LogP contribution in [0.25, 0.3) is 15.8 Å². The van der Waals surface area contributed by atoms with Gasteiger partial charge in [-0.2, -0.15) is 0 Å². The molecule has 0 atom stereocenters. The van der Waals surface area contributed by atoms with Gasteiger partial charge in [0.05, 0.1) is 17.3 Å². The van der Waals surface area contributed by atoms with E-state index in [0.29, 0.717) is 16.5 Å². The van der Waals surface area contributed by atoms with Crippen LogP contribution in [0.5, 0.6) is 5.75 Å². The number of aryl methyl sites for hydroxylation is 2. The lowest BCUT2D eigenvalue weighted by Crippen LogP contribution is -2.07. The maximum atomic E-state index is 6.76. The number of ether oxygens (including phenoxy) is 1. The van der Waals surface area contributed by atoms with Crippen molar-refractivity contribution in [3.05, 3.63) is 82.6 Å². The molecule has 0 aromatic heterocycles. The van der Waals surface area contributed by atoms with Crippen molar-refractivity contribution < 1.29 is 4.74 Å². The Morgan fingerprint density at radius 2 is 1.77 bits per heavy atom. The Morgan fingerprint density at radius 1 is 1.04 bits per heavy atom. The summed E-state index contributed by atoms with van der Waals surface area (Å²) in [6.07, 6.45) is 0. The summed E-state index contributed by atoms with van der Waals surface area (Å²) in [5.41, 5.74) is 10.6. The number of benzene rings is 3. The van der Waals surface area contributed by atoms with Crippen molar-refractivity contribution in [2.75, 3.05) is 6.67 Å². The van der Waals surface area contributed by atoms with Crippen LogP contribution < -0.4 is 10.5 Å². The third-order valence-corrected chi connectivity index (χ3v) is 4.87. The van der Waals surface area contributed by atoms with Gasteiger partial charge in [-0.15, -0.1) is 0 Å². The van der Waals surface area contributed by atoms with E-state index in [1.165, 1.54) is 0 Å². The smallest absolute Gasteiger partial charge is 0.172 e. The maximum absolute atomic E-state index is 6.76. The summed E-state index contributed by atoms with van der Waals surface area (Å²) in [7, 11) is 0. The highest BCUT2D eigenvalue weighted by Crippen LogP contribution is 2.40. The molecule has 1 heterocycles. The van der Waals surface area contributed by atoms with E-state index >= 15 is 0 Å². The first kappa shape index (κ1) is 16.8. The number of nitrogens with two attached hydrogens (primary N) is 1. The lowest BCUT2D eigenvalue weighted by Gasteiger charge is -2.08. The molecule has 0 amide bonds. The number of nitrogens with zero attached hydrogens (tertiary/aromatic N) is 1. The van der Waals surface area contributed by atoms with E-state index in [4.69, 9.17) is 22.1 Å². The zero-order valence-corrected chi connectivity index (χ0v) is 15.5. The van der Waals surface area contributed by atoms with Gasteiger partial charge in [0.1, 0.15) is 11.5 Å². The minimum absolute atomic E-state index is 0.169. The van der Waals surface area contributed by atoms with E-state index in [1.807, 2.05) is 36.4 Å². The number of rotatable bonds is 2. The van der Waals surface area contributed by atoms with Crippen LogP contribution in [0, 0.1) is 13.8 Å². The van der Waals surface area contributed by atoms with Gasteiger partial charge in [-0.25, -0.2) is 0 Å². The van der Waals surface area contributed by atoms with Crippen LogP contribution in [-0.2, 0) is 0 Å². The van der Waals surface area contributed by atoms with Gasteiger partial charge < -0.3 is 10.5 Å². The Hall–Kier alpha value is -2.62. The fourth-order valence-electron chi connectivity index (χ4n) is 3.48. The molecule has 0 spiro atoms. The Kier molecular flexibility index (Phi) is 4.27. The standard InChI is InChI=1S/C22H19ClN2O/c1-13-9-14(2)11-16(10-13)20(23)22-21(25-12-24)19-17-6-4-3-5-15(17)7-8-18(19)26-22/h3-11H,12,24H2,1-2H3/b22-20+,25-21-. The monoisotopic (exact) mass is 362 g/mol. The molecule has 4 heteroatoms. The van der Waals surface area contributed by atoms with Gasteiger partial charge in [-0.3, -0.25) is 4.99 Å². The van der Waals surface area contributed by atoms with E-state index in [9.17, 15) is 0 Å². The summed E-state index contributed by atoms with van der Waals surface area (Å²) in [6.45, 7) is 4.28. The topological polar surface area (TPSA) is 47.6 Å². The minimum atomic E-state index is 0.169. The molecular formula is C22H19ClN2O. The fraction of sp³-hybridized carbons (Fsp3) is 0.136. The second-order valence-corrected chi connectivity index (χ2v) is 6.85. The SMILES string of the molecule is Cc1cc(C)cc(/C(Cl)=C2\Oc3ccc4ccccc4c3\C2=N\CN)c1. The second kappa shape index (κ2) is 6.60. The Morgan fingerprint density at radius 3 is 2.50 bits per heavy atom. The van der Waals surface area contributed by atoms with E-state index in [1.54, 1.807) is 0 Å². The summed E-state index contributed by atoms with van der Waals surface area (Å²) in [5, 5.41) is 2.75. The average Bonchev–Trinajstić information content (AvgIpc) is 2.99. The Balaban J connectivity index is 1.96. The molecule has 4 rings (SSSR count). The van der Waals surface area contributed by atoms with Gasteiger partial charge >= 0.3 is 0 Å². The van der Waals surface area contributed by atoms with Crippen LogP contribution >= 0.6 is 11.6 Å². The van der Waals surface area contributed by atoms with Gasteiger partial charge in [0.2, 0.25) is 0 Å². The average molecular weight is 363 g/mol. The van der Waals surface area contributed by atoms with Crippen molar-refractivity contribution in [1.29, 1.82) is 0 Å². The van der Waals surface area contributed by atoms with Crippen molar-refractivity contribution in [2.24, 2.45) is 10.7 Å². The Labute approximate surface area is 157 Å². The highest BCUT2D eigenvalue weighted by Gasteiger charge is 2.30. The molecule has 0 saturated heterocycles. The van der Waals surface area contributed by atoms with Crippen LogP contribution in [0.15, 0.2) is 65.3 Å². The third kappa shape index (κ3) is 2.79. The number of allylic oxidation sites excluding steroid dienone is 1. The van der Waals surface area contributed by atoms with E-state index in [2.05, 4.69) is 37.0 Å². The largest absolute Gasteiger partial charge is 0.453 e. The Bertz CT molecular complexity index is 1060. The predicted molar refractivity (Wildman–Crippen MR) is 109 cm³/mol. The first-order valence-electron chi connectivity index (χ1n) is 8.52. The molecule has 3 aromatic rings. The first-order valence-corrected chi connectivity index (χ1v) is 8.89. The number of hydrogen-bond acceptors (Lipinski definition) is 3. The van der Waals surface area contributed by atoms with Crippen LogP contribution in [0.3, 0.4) is 0 Å². The van der Waals surface area contributed by atoms with Crippen LogP contribution in [0.4, 0.5) is 0 Å². The molecule has 1 aliphatic heterocycles. The highest BCUT2D eigenvalue weighted by atomic mass is 35.5. The number of hydrogen-bond donors (Lipinski definition) is 1. The van der Waals surface area contributed by atoms with Gasteiger partial charge in [-0.05, 0) is 36.2 Å². The minimum Gasteiger partial charge on any atom is -0.453 e. The number of halogens is 1. The van der Waals surface area contributed by atoms with Crippen molar-refractivity contribution >= 4 is 33.1 Å². The second-order valence-electron chi connectivity index (χ2n) is 6.47. The van der Waals surface area contributed by atoms with E-state index < -0.39 is 0 Å². The summed E-state index contributed by atoms with van der Waals surface area (Å²) >= 11 is 6.76. The van der Waals surface area contributed by atoms with Crippen LogP contribution in [0.1, 0.15) is 22.3 Å². The lowest BCUT2D eigenvalue weighted by molar-refractivity contribution is 0.473. The molecule has 0 radical (unpaired) electrons. The van der Waals surface area contributed by atoms with E-state index in [0.717, 1.165) is 38.8 Å². The molecule has 0 bridgehead atoms. The molecule has 0 saturated carbocycles. The molecule has 0 fully saturated rings. The molecule has 3 nitrogen and oxygen atoms in total. The van der Waals surface area contributed by atoms with Crippen LogP contribution in [-0.4, -0.2) is 12.4 Å². The summed E-state index contributed by atoms with van der Waals surface area (Å²) in [4.78, 5) is 4.52. The van der Waals surface area contributed by atoms with Crippen molar-refractivity contribution in [3.8, 4) is 5.75 Å². The normalized spacial score (nSPS) is 16.7. The first-order chi connectivity index (χ1) is 12.6. The van der Waals surface area contributed by atoms with Gasteiger partial charge in [0, 0.05) is 0 Å². The van der Waals surface area contributed by atoms with E-state index in [-0.39, 0.29) is 6.67 Å². The zero-order valence-electron chi connectivity index (χ0n) is 14.7. The summed E-state index contributed by atoms with van der Waals surface area (Å²) in [5.74, 6) is 1.32. The van der Waals surface area contributed by atoms with Gasteiger partial charge in [-0.1, -0.05) is 71.3 Å². The third-order valence-electron chi connectivity index (χ3n) is 4.48. The molecule has 3 aromatic carbocycles. The molecule has 0 aliphatic carbocycles. The molecule has 2 N–H and O–H groups in total. The highest BCUT2D eigenvalue weighted by molar-refractivity contribution is 6.52. The number of fused-ring (bicyclic) bond motifs is 3. The van der Waals surface area contributed by atoms with Crippen molar-refractivity contribution in [3.63, 3.8) is 0 Å². The zero-order chi connectivity index (χ0) is 18.3.